The first-order chi connectivity index (χ1) is 9.20. The topological polar surface area (TPSA) is 66.0 Å². The summed E-state index contributed by atoms with van der Waals surface area (Å²) in [5, 5.41) is 18.5. The van der Waals surface area contributed by atoms with Crippen molar-refractivity contribution in [2.24, 2.45) is 0 Å². The van der Waals surface area contributed by atoms with E-state index in [1.54, 1.807) is 0 Å². The van der Waals surface area contributed by atoms with E-state index in [0.29, 0.717) is 5.56 Å². The van der Waals surface area contributed by atoms with Crippen molar-refractivity contribution in [1.82, 2.24) is 4.57 Å². The van der Waals surface area contributed by atoms with Crippen LogP contribution in [0.25, 0.3) is 10.9 Å². The Morgan fingerprint density at radius 2 is 2.11 bits per heavy atom. The minimum absolute atomic E-state index is 0.248. The van der Waals surface area contributed by atoms with Gasteiger partial charge in [0.25, 0.3) is 0 Å². The average molecular weight is 256 g/mol. The third-order valence-electron chi connectivity index (χ3n) is 3.19. The molecule has 0 unspecified atom stereocenters. The molecule has 1 aromatic heterocycles. The fourth-order valence-corrected chi connectivity index (χ4v) is 2.20. The molecule has 0 aliphatic heterocycles. The zero-order valence-electron chi connectivity index (χ0n) is 10.7. The largest absolute Gasteiger partial charge is 0.481 e. The van der Waals surface area contributed by atoms with Crippen LogP contribution in [0.5, 0.6) is 0 Å². The van der Waals surface area contributed by atoms with E-state index in [2.05, 4.69) is 10.6 Å². The van der Waals surface area contributed by atoms with Crippen LogP contribution in [-0.2, 0) is 11.3 Å². The first kappa shape index (κ1) is 13.2. The van der Waals surface area contributed by atoms with Gasteiger partial charge in [-0.15, -0.1) is 0 Å². The highest BCUT2D eigenvalue weighted by Crippen LogP contribution is 2.18. The van der Waals surface area contributed by atoms with Crippen molar-refractivity contribution in [3.05, 3.63) is 36.0 Å². The third kappa shape index (κ3) is 3.35. The molecule has 1 heterocycles. The second-order valence-corrected chi connectivity index (χ2v) is 4.60. The summed E-state index contributed by atoms with van der Waals surface area (Å²) in [6, 6.07) is 9.81. The summed E-state index contributed by atoms with van der Waals surface area (Å²) in [6.45, 7) is 0.884. The van der Waals surface area contributed by atoms with Gasteiger partial charge in [-0.25, -0.2) is 0 Å². The van der Waals surface area contributed by atoms with E-state index in [1.807, 2.05) is 30.5 Å². The van der Waals surface area contributed by atoms with E-state index in [4.69, 9.17) is 10.4 Å². The molecule has 2 rings (SSSR count). The number of nitrogens with zero attached hydrogens (tertiary/aromatic N) is 2. The Hall–Kier alpha value is -2.28. The first-order valence-corrected chi connectivity index (χ1v) is 6.41. The molecule has 1 aromatic carbocycles. The van der Waals surface area contributed by atoms with E-state index in [1.165, 1.54) is 0 Å². The second-order valence-electron chi connectivity index (χ2n) is 4.60. The zero-order valence-corrected chi connectivity index (χ0v) is 10.7. The quantitative estimate of drug-likeness (QED) is 0.807. The van der Waals surface area contributed by atoms with Gasteiger partial charge >= 0.3 is 5.97 Å². The molecule has 0 aliphatic carbocycles. The number of unbranched alkanes of at least 4 members (excludes halogenated alkanes) is 2. The van der Waals surface area contributed by atoms with Crippen molar-refractivity contribution >= 4 is 16.9 Å². The molecule has 0 radical (unpaired) electrons. The van der Waals surface area contributed by atoms with Gasteiger partial charge in [-0.3, -0.25) is 4.79 Å². The van der Waals surface area contributed by atoms with E-state index < -0.39 is 5.97 Å². The maximum absolute atomic E-state index is 10.4. The molecule has 4 nitrogen and oxygen atoms in total. The standard InChI is InChI=1S/C15H16N2O2/c16-11-12-5-6-14-13(10-12)7-9-17(14)8-3-1-2-4-15(18)19/h5-7,9-10H,1-4,8H2,(H,18,19). The predicted molar refractivity (Wildman–Crippen MR) is 72.8 cm³/mol. The number of hydrogen-bond donors (Lipinski definition) is 1. The molecule has 4 heteroatoms. The zero-order chi connectivity index (χ0) is 13.7. The van der Waals surface area contributed by atoms with Crippen LogP contribution < -0.4 is 0 Å². The lowest BCUT2D eigenvalue weighted by Crippen LogP contribution is -1.98. The Balaban J connectivity index is 1.94. The number of carboxylic acid groups (broad SMARTS) is 1. The molecule has 98 valence electrons. The van der Waals surface area contributed by atoms with Crippen molar-refractivity contribution < 1.29 is 9.90 Å². The summed E-state index contributed by atoms with van der Waals surface area (Å²) < 4.78 is 2.15. The smallest absolute Gasteiger partial charge is 0.303 e. The Labute approximate surface area is 111 Å². The van der Waals surface area contributed by atoms with Gasteiger partial charge in [-0.1, -0.05) is 6.42 Å². The van der Waals surface area contributed by atoms with Gasteiger partial charge in [0.05, 0.1) is 11.6 Å². The van der Waals surface area contributed by atoms with Gasteiger partial charge in [0, 0.05) is 30.1 Å². The van der Waals surface area contributed by atoms with Gasteiger partial charge < -0.3 is 9.67 Å². The summed E-state index contributed by atoms with van der Waals surface area (Å²) in [5.74, 6) is -0.726. The van der Waals surface area contributed by atoms with E-state index in [0.717, 1.165) is 36.7 Å². The van der Waals surface area contributed by atoms with E-state index in [-0.39, 0.29) is 6.42 Å². The summed E-state index contributed by atoms with van der Waals surface area (Å²) in [5.41, 5.74) is 1.80. The predicted octanol–water partition coefficient (Wildman–Crippen LogP) is 3.16. The van der Waals surface area contributed by atoms with Gasteiger partial charge in [-0.2, -0.15) is 5.26 Å². The van der Waals surface area contributed by atoms with E-state index in [9.17, 15) is 4.79 Å². The molecule has 0 atom stereocenters. The Kier molecular flexibility index (Phi) is 4.19. The monoisotopic (exact) mass is 256 g/mol. The second kappa shape index (κ2) is 6.05. The molecule has 1 N–H and O–H groups in total. The molecule has 0 bridgehead atoms. The average Bonchev–Trinajstić information content (AvgIpc) is 2.80. The minimum Gasteiger partial charge on any atom is -0.481 e. The van der Waals surface area contributed by atoms with Crippen LogP contribution in [0, 0.1) is 11.3 Å². The summed E-state index contributed by atoms with van der Waals surface area (Å²) in [4.78, 5) is 10.4. The molecule has 0 saturated carbocycles. The molecule has 0 spiro atoms. The maximum Gasteiger partial charge on any atom is 0.303 e. The summed E-state index contributed by atoms with van der Waals surface area (Å²) >= 11 is 0. The number of hydrogen-bond acceptors (Lipinski definition) is 2. The highest BCUT2D eigenvalue weighted by Gasteiger charge is 2.02. The van der Waals surface area contributed by atoms with Crippen molar-refractivity contribution in [2.45, 2.75) is 32.2 Å². The van der Waals surface area contributed by atoms with Crippen molar-refractivity contribution in [3.63, 3.8) is 0 Å². The van der Waals surface area contributed by atoms with Crippen LogP contribution in [0.2, 0.25) is 0 Å². The first-order valence-electron chi connectivity index (χ1n) is 6.41. The number of carbonyl (C=O) groups is 1. The SMILES string of the molecule is N#Cc1ccc2c(ccn2CCCCCC(=O)O)c1. The Bertz CT molecular complexity index is 623. The van der Waals surface area contributed by atoms with Crippen LogP contribution in [0.1, 0.15) is 31.2 Å². The minimum atomic E-state index is -0.726. The number of fused-ring (bicyclic) bond motifs is 1. The van der Waals surface area contributed by atoms with Crippen molar-refractivity contribution in [3.8, 4) is 6.07 Å². The van der Waals surface area contributed by atoms with Crippen LogP contribution in [0.4, 0.5) is 0 Å². The Morgan fingerprint density at radius 3 is 2.84 bits per heavy atom. The molecule has 2 aromatic rings. The number of benzene rings is 1. The van der Waals surface area contributed by atoms with Crippen molar-refractivity contribution in [1.29, 1.82) is 5.26 Å². The number of carboxylic acids is 1. The van der Waals surface area contributed by atoms with Gasteiger partial charge in [0.1, 0.15) is 0 Å². The lowest BCUT2D eigenvalue weighted by atomic mass is 10.1. The third-order valence-corrected chi connectivity index (χ3v) is 3.19. The molecule has 0 aliphatic rings. The van der Waals surface area contributed by atoms with Crippen molar-refractivity contribution in [2.75, 3.05) is 0 Å². The van der Waals surface area contributed by atoms with Crippen LogP contribution in [0.15, 0.2) is 30.5 Å². The number of rotatable bonds is 6. The molecule has 19 heavy (non-hydrogen) atoms. The molecule has 0 amide bonds. The number of nitriles is 1. The molecule has 0 fully saturated rings. The molecule has 0 saturated heterocycles. The van der Waals surface area contributed by atoms with Crippen LogP contribution in [-0.4, -0.2) is 15.6 Å². The van der Waals surface area contributed by atoms with Crippen LogP contribution >= 0.6 is 0 Å². The number of aliphatic carboxylic acids is 1. The van der Waals surface area contributed by atoms with Gasteiger partial charge in [-0.05, 0) is 37.1 Å². The highest BCUT2D eigenvalue weighted by molar-refractivity contribution is 5.81. The lowest BCUT2D eigenvalue weighted by Gasteiger charge is -2.05. The number of aromatic nitrogens is 1. The number of aryl methyl sites for hydroxylation is 1. The van der Waals surface area contributed by atoms with Gasteiger partial charge in [0.2, 0.25) is 0 Å². The van der Waals surface area contributed by atoms with E-state index >= 15 is 0 Å². The lowest BCUT2D eigenvalue weighted by molar-refractivity contribution is -0.137. The van der Waals surface area contributed by atoms with Gasteiger partial charge in [0.15, 0.2) is 0 Å². The highest BCUT2D eigenvalue weighted by atomic mass is 16.4. The summed E-state index contributed by atoms with van der Waals surface area (Å²) in [7, 11) is 0. The maximum atomic E-state index is 10.4. The van der Waals surface area contributed by atoms with Crippen LogP contribution in [0.3, 0.4) is 0 Å². The normalized spacial score (nSPS) is 10.5. The molecular weight excluding hydrogens is 240 g/mol. The Morgan fingerprint density at radius 1 is 1.26 bits per heavy atom. The molecular formula is C15H16N2O2. The fraction of sp³-hybridized carbons (Fsp3) is 0.333. The fourth-order valence-electron chi connectivity index (χ4n) is 2.20. The summed E-state index contributed by atoms with van der Waals surface area (Å²) in [6.07, 6.45) is 4.88.